The minimum Gasteiger partial charge on any atom is -0.326 e. The number of nitrogens with zero attached hydrogens (tertiary/aromatic N) is 2. The van der Waals surface area contributed by atoms with Gasteiger partial charge in [0, 0.05) is 11.6 Å². The molecule has 1 unspecified atom stereocenters. The molecule has 2 aliphatic rings. The highest BCUT2D eigenvalue weighted by molar-refractivity contribution is 6.22. The zero-order valence-electron chi connectivity index (χ0n) is 15.9. The predicted octanol–water partition coefficient (Wildman–Crippen LogP) is 2.81. The predicted molar refractivity (Wildman–Crippen MR) is 107 cm³/mol. The Hall–Kier alpha value is -3.06. The number of hydrogen-bond acceptors (Lipinski definition) is 4. The number of halogens is 1. The molecule has 150 valence electrons. The van der Waals surface area contributed by atoms with Crippen LogP contribution in [0.1, 0.15) is 19.3 Å². The number of rotatable bonds is 4. The number of anilines is 2. The number of nitrogens with one attached hydrogen (secondary N) is 1. The highest BCUT2D eigenvalue weighted by Gasteiger charge is 2.44. The standard InChI is InChI=1S/C22H22FN3O3/c23-17-8-4-5-9-18(17)26-20(27)14-19(22(26)29)25-12-10-15(11-13-25)21(28)24-16-6-2-1-3-7-16/h1-9,15,19H,10-14H2,(H,24,28). The van der Waals surface area contributed by atoms with Crippen LogP contribution in [0, 0.1) is 11.7 Å². The molecule has 29 heavy (non-hydrogen) atoms. The highest BCUT2D eigenvalue weighted by Crippen LogP contribution is 2.30. The van der Waals surface area contributed by atoms with E-state index in [2.05, 4.69) is 5.32 Å². The lowest BCUT2D eigenvalue weighted by Gasteiger charge is -2.34. The van der Waals surface area contributed by atoms with Crippen LogP contribution in [-0.4, -0.2) is 41.8 Å². The number of carbonyl (C=O) groups excluding carboxylic acids is 3. The third kappa shape index (κ3) is 3.91. The molecule has 2 aliphatic heterocycles. The third-order valence-corrected chi connectivity index (χ3v) is 5.60. The van der Waals surface area contributed by atoms with Crippen molar-refractivity contribution >= 4 is 29.1 Å². The first-order valence-electron chi connectivity index (χ1n) is 9.76. The summed E-state index contributed by atoms with van der Waals surface area (Å²) in [6.07, 6.45) is 1.25. The van der Waals surface area contributed by atoms with Crippen LogP contribution in [0.4, 0.5) is 15.8 Å². The van der Waals surface area contributed by atoms with E-state index in [1.54, 1.807) is 6.07 Å². The van der Waals surface area contributed by atoms with Gasteiger partial charge in [-0.3, -0.25) is 19.3 Å². The molecule has 0 saturated carbocycles. The van der Waals surface area contributed by atoms with Crippen LogP contribution in [-0.2, 0) is 14.4 Å². The molecule has 2 heterocycles. The zero-order valence-corrected chi connectivity index (χ0v) is 15.9. The minimum absolute atomic E-state index is 0.00197. The Kier molecular flexibility index (Phi) is 5.40. The second-order valence-corrected chi connectivity index (χ2v) is 7.40. The molecule has 0 bridgehead atoms. The van der Waals surface area contributed by atoms with Crippen molar-refractivity contribution in [3.05, 3.63) is 60.4 Å². The second-order valence-electron chi connectivity index (χ2n) is 7.40. The topological polar surface area (TPSA) is 69.7 Å². The maximum atomic E-state index is 14.1. The molecule has 7 heteroatoms. The lowest BCUT2D eigenvalue weighted by Crippen LogP contribution is -2.47. The monoisotopic (exact) mass is 395 g/mol. The van der Waals surface area contributed by atoms with Gasteiger partial charge >= 0.3 is 0 Å². The van der Waals surface area contributed by atoms with E-state index in [-0.39, 0.29) is 23.9 Å². The fourth-order valence-corrected chi connectivity index (χ4v) is 4.03. The fourth-order valence-electron chi connectivity index (χ4n) is 4.03. The van der Waals surface area contributed by atoms with Crippen LogP contribution in [0.25, 0.3) is 0 Å². The first-order chi connectivity index (χ1) is 14.0. The average Bonchev–Trinajstić information content (AvgIpc) is 3.03. The van der Waals surface area contributed by atoms with Crippen LogP contribution in [0.3, 0.4) is 0 Å². The Balaban J connectivity index is 1.38. The van der Waals surface area contributed by atoms with E-state index in [1.165, 1.54) is 18.2 Å². The summed E-state index contributed by atoms with van der Waals surface area (Å²) in [5, 5.41) is 2.92. The number of carbonyl (C=O) groups is 3. The molecule has 6 nitrogen and oxygen atoms in total. The van der Waals surface area contributed by atoms with Crippen LogP contribution >= 0.6 is 0 Å². The molecule has 2 fully saturated rings. The number of benzene rings is 2. The van der Waals surface area contributed by atoms with Crippen LogP contribution in [0.2, 0.25) is 0 Å². The summed E-state index contributed by atoms with van der Waals surface area (Å²) >= 11 is 0. The lowest BCUT2D eigenvalue weighted by atomic mass is 9.94. The first-order valence-corrected chi connectivity index (χ1v) is 9.76. The molecule has 1 N–H and O–H groups in total. The van der Waals surface area contributed by atoms with Gasteiger partial charge in [-0.25, -0.2) is 9.29 Å². The Morgan fingerprint density at radius 2 is 1.62 bits per heavy atom. The summed E-state index contributed by atoms with van der Waals surface area (Å²) in [6, 6.07) is 14.5. The molecule has 2 aromatic rings. The van der Waals surface area contributed by atoms with E-state index in [0.717, 1.165) is 10.6 Å². The van der Waals surface area contributed by atoms with E-state index in [4.69, 9.17) is 0 Å². The average molecular weight is 395 g/mol. The van der Waals surface area contributed by atoms with Gasteiger partial charge in [0.1, 0.15) is 5.82 Å². The molecule has 0 radical (unpaired) electrons. The van der Waals surface area contributed by atoms with Gasteiger partial charge in [-0.15, -0.1) is 0 Å². The van der Waals surface area contributed by atoms with Gasteiger partial charge in [-0.1, -0.05) is 30.3 Å². The number of imide groups is 1. The van der Waals surface area contributed by atoms with Crippen LogP contribution < -0.4 is 10.2 Å². The summed E-state index contributed by atoms with van der Waals surface area (Å²) in [7, 11) is 0. The third-order valence-electron chi connectivity index (χ3n) is 5.60. The number of piperidine rings is 1. The molecule has 2 saturated heterocycles. The minimum atomic E-state index is -0.597. The van der Waals surface area contributed by atoms with E-state index < -0.39 is 23.7 Å². The smallest absolute Gasteiger partial charge is 0.251 e. The largest absolute Gasteiger partial charge is 0.326 e. The maximum absolute atomic E-state index is 14.1. The van der Waals surface area contributed by atoms with Gasteiger partial charge < -0.3 is 5.32 Å². The molecule has 1 atom stereocenters. The molecule has 0 aromatic heterocycles. The van der Waals surface area contributed by atoms with Gasteiger partial charge in [0.25, 0.3) is 5.91 Å². The highest BCUT2D eigenvalue weighted by atomic mass is 19.1. The Morgan fingerprint density at radius 3 is 2.31 bits per heavy atom. The van der Waals surface area contributed by atoms with Crippen molar-refractivity contribution in [2.45, 2.75) is 25.3 Å². The van der Waals surface area contributed by atoms with E-state index >= 15 is 0 Å². The summed E-state index contributed by atoms with van der Waals surface area (Å²) in [4.78, 5) is 40.6. The van der Waals surface area contributed by atoms with Crippen molar-refractivity contribution in [1.82, 2.24) is 4.90 Å². The molecule has 0 spiro atoms. The van der Waals surface area contributed by atoms with Crippen molar-refractivity contribution in [2.24, 2.45) is 5.92 Å². The summed E-state index contributed by atoms with van der Waals surface area (Å²) in [5.74, 6) is -1.55. The normalized spacial score (nSPS) is 20.9. The number of likely N-dealkylation sites (tertiary alicyclic amines) is 1. The lowest BCUT2D eigenvalue weighted by molar-refractivity contribution is -0.123. The van der Waals surface area contributed by atoms with Crippen molar-refractivity contribution in [3.63, 3.8) is 0 Å². The van der Waals surface area contributed by atoms with Gasteiger partial charge in [-0.2, -0.15) is 0 Å². The van der Waals surface area contributed by atoms with Crippen LogP contribution in [0.5, 0.6) is 0 Å². The molecule has 4 rings (SSSR count). The van der Waals surface area contributed by atoms with Gasteiger partial charge in [0.15, 0.2) is 0 Å². The molecule has 0 aliphatic carbocycles. The second kappa shape index (κ2) is 8.13. The zero-order chi connectivity index (χ0) is 20.4. The fraction of sp³-hybridized carbons (Fsp3) is 0.318. The Morgan fingerprint density at radius 1 is 0.966 bits per heavy atom. The van der Waals surface area contributed by atoms with E-state index in [9.17, 15) is 18.8 Å². The van der Waals surface area contributed by atoms with Gasteiger partial charge in [-0.05, 0) is 50.2 Å². The van der Waals surface area contributed by atoms with Gasteiger partial charge in [0.2, 0.25) is 11.8 Å². The van der Waals surface area contributed by atoms with Crippen molar-refractivity contribution in [2.75, 3.05) is 23.3 Å². The Labute approximate surface area is 168 Å². The van der Waals surface area contributed by atoms with Crippen LogP contribution in [0.15, 0.2) is 54.6 Å². The number of amides is 3. The molecule has 3 amide bonds. The van der Waals surface area contributed by atoms with Crippen molar-refractivity contribution in [3.8, 4) is 0 Å². The Bertz CT molecular complexity index is 926. The summed E-state index contributed by atoms with van der Waals surface area (Å²) in [6.45, 7) is 1.09. The van der Waals surface area contributed by atoms with E-state index in [0.29, 0.717) is 25.9 Å². The maximum Gasteiger partial charge on any atom is 0.251 e. The number of para-hydroxylation sites is 2. The van der Waals surface area contributed by atoms with E-state index in [1.807, 2.05) is 35.2 Å². The number of hydrogen-bond donors (Lipinski definition) is 1. The first kappa shape index (κ1) is 19.3. The molecular weight excluding hydrogens is 373 g/mol. The molecule has 2 aromatic carbocycles. The SMILES string of the molecule is O=C(Nc1ccccc1)C1CCN(C2CC(=O)N(c3ccccc3F)C2=O)CC1. The van der Waals surface area contributed by atoms with Crippen molar-refractivity contribution in [1.29, 1.82) is 0 Å². The summed E-state index contributed by atoms with van der Waals surface area (Å²) in [5.41, 5.74) is 0.763. The summed E-state index contributed by atoms with van der Waals surface area (Å²) < 4.78 is 14.1. The van der Waals surface area contributed by atoms with Gasteiger partial charge in [0.05, 0.1) is 18.2 Å². The van der Waals surface area contributed by atoms with Crippen molar-refractivity contribution < 1.29 is 18.8 Å². The molecular formula is C22H22FN3O3. The quantitative estimate of drug-likeness (QED) is 0.809.